The summed E-state index contributed by atoms with van der Waals surface area (Å²) in [5.41, 5.74) is 0. The minimum Gasteiger partial charge on any atom is -0.481 e. The Labute approximate surface area is 106 Å². The van der Waals surface area contributed by atoms with Crippen LogP contribution in [0.25, 0.3) is 0 Å². The zero-order valence-electron chi connectivity index (χ0n) is 10.5. The largest absolute Gasteiger partial charge is 0.481 e. The third-order valence-electron chi connectivity index (χ3n) is 3.34. The number of carbonyl (C=O) groups excluding carboxylic acids is 1. The van der Waals surface area contributed by atoms with Gasteiger partial charge in [-0.25, -0.2) is 0 Å². The van der Waals surface area contributed by atoms with Crippen LogP contribution >= 0.6 is 0 Å². The molecule has 1 fully saturated rings. The Morgan fingerprint density at radius 2 is 1.78 bits per heavy atom. The Balaban J connectivity index is 2.65. The molecule has 1 aliphatic heterocycles. The molecule has 0 aromatic rings. The van der Waals surface area contributed by atoms with Gasteiger partial charge in [-0.2, -0.15) is 0 Å². The second-order valence-corrected chi connectivity index (χ2v) is 4.62. The molecule has 2 N–H and O–H groups in total. The molecule has 0 spiro atoms. The van der Waals surface area contributed by atoms with Crippen LogP contribution in [-0.4, -0.2) is 46.0 Å². The van der Waals surface area contributed by atoms with Crippen LogP contribution in [0.5, 0.6) is 0 Å². The molecule has 6 nitrogen and oxygen atoms in total. The Morgan fingerprint density at radius 3 is 2.28 bits per heavy atom. The van der Waals surface area contributed by atoms with Crippen molar-refractivity contribution >= 4 is 17.8 Å². The van der Waals surface area contributed by atoms with E-state index in [1.165, 1.54) is 4.90 Å². The maximum Gasteiger partial charge on any atom is 0.309 e. The molecular weight excluding hydrogens is 238 g/mol. The van der Waals surface area contributed by atoms with Gasteiger partial charge in [-0.05, 0) is 12.8 Å². The number of carboxylic acid groups (broad SMARTS) is 2. The van der Waals surface area contributed by atoms with Crippen molar-refractivity contribution in [3.63, 3.8) is 0 Å². The van der Waals surface area contributed by atoms with E-state index in [1.807, 2.05) is 6.92 Å². The Hall–Kier alpha value is -1.59. The number of carboxylic acids is 2. The zero-order chi connectivity index (χ0) is 13.7. The van der Waals surface area contributed by atoms with Crippen molar-refractivity contribution in [2.24, 2.45) is 11.8 Å². The lowest BCUT2D eigenvalue weighted by atomic mass is 9.85. The second kappa shape index (κ2) is 6.37. The van der Waals surface area contributed by atoms with Gasteiger partial charge in [0.1, 0.15) is 0 Å². The topological polar surface area (TPSA) is 94.9 Å². The van der Waals surface area contributed by atoms with E-state index in [0.29, 0.717) is 13.0 Å². The first-order chi connectivity index (χ1) is 8.47. The highest BCUT2D eigenvalue weighted by Crippen LogP contribution is 2.25. The van der Waals surface area contributed by atoms with E-state index in [4.69, 9.17) is 10.2 Å². The van der Waals surface area contributed by atoms with Gasteiger partial charge in [-0.15, -0.1) is 0 Å². The van der Waals surface area contributed by atoms with Crippen molar-refractivity contribution in [1.82, 2.24) is 4.90 Å². The van der Waals surface area contributed by atoms with E-state index in [-0.39, 0.29) is 18.9 Å². The molecule has 0 aromatic carbocycles. The Bertz CT molecular complexity index is 341. The highest BCUT2D eigenvalue weighted by atomic mass is 16.4. The van der Waals surface area contributed by atoms with Crippen LogP contribution in [-0.2, 0) is 14.4 Å². The maximum absolute atomic E-state index is 11.8. The summed E-state index contributed by atoms with van der Waals surface area (Å²) in [6, 6.07) is 0. The first kappa shape index (κ1) is 14.5. The van der Waals surface area contributed by atoms with Gasteiger partial charge in [0.25, 0.3) is 0 Å². The lowest BCUT2D eigenvalue weighted by Crippen LogP contribution is -2.48. The van der Waals surface area contributed by atoms with Gasteiger partial charge in [0.2, 0.25) is 5.91 Å². The summed E-state index contributed by atoms with van der Waals surface area (Å²) in [6.07, 6.45) is 2.29. The second-order valence-electron chi connectivity index (χ2n) is 4.62. The van der Waals surface area contributed by atoms with Crippen molar-refractivity contribution in [3.05, 3.63) is 0 Å². The summed E-state index contributed by atoms with van der Waals surface area (Å²) >= 11 is 0. The number of piperidine rings is 1. The number of nitrogens with zero attached hydrogens (tertiary/aromatic N) is 1. The molecule has 0 saturated carbocycles. The summed E-state index contributed by atoms with van der Waals surface area (Å²) in [5.74, 6) is -4.20. The summed E-state index contributed by atoms with van der Waals surface area (Å²) in [6.45, 7) is 2.32. The van der Waals surface area contributed by atoms with E-state index >= 15 is 0 Å². The number of rotatable bonds is 5. The van der Waals surface area contributed by atoms with Crippen molar-refractivity contribution in [1.29, 1.82) is 0 Å². The summed E-state index contributed by atoms with van der Waals surface area (Å²) in [4.78, 5) is 35.3. The van der Waals surface area contributed by atoms with Gasteiger partial charge >= 0.3 is 11.9 Å². The average molecular weight is 257 g/mol. The first-order valence-electron chi connectivity index (χ1n) is 6.20. The van der Waals surface area contributed by atoms with Crippen molar-refractivity contribution in [2.75, 3.05) is 13.1 Å². The Morgan fingerprint density at radius 1 is 1.17 bits per heavy atom. The van der Waals surface area contributed by atoms with Gasteiger partial charge in [0, 0.05) is 19.5 Å². The SMILES string of the molecule is CCCCC(=O)N1CCC(C(=O)O)C(C(=O)O)C1. The lowest BCUT2D eigenvalue weighted by Gasteiger charge is -2.34. The van der Waals surface area contributed by atoms with E-state index in [9.17, 15) is 14.4 Å². The molecule has 2 atom stereocenters. The summed E-state index contributed by atoms with van der Waals surface area (Å²) in [5, 5.41) is 18.0. The standard InChI is InChI=1S/C12H19NO5/c1-2-3-4-10(14)13-6-5-8(11(15)16)9(7-13)12(17)18/h8-9H,2-7H2,1H3,(H,15,16)(H,17,18). The van der Waals surface area contributed by atoms with Gasteiger partial charge < -0.3 is 15.1 Å². The van der Waals surface area contributed by atoms with Gasteiger partial charge in [-0.1, -0.05) is 13.3 Å². The predicted molar refractivity (Wildman–Crippen MR) is 63.0 cm³/mol. The molecule has 0 radical (unpaired) electrons. The van der Waals surface area contributed by atoms with Crippen LogP contribution < -0.4 is 0 Å². The third-order valence-corrected chi connectivity index (χ3v) is 3.34. The third kappa shape index (κ3) is 3.45. The van der Waals surface area contributed by atoms with E-state index in [2.05, 4.69) is 0 Å². The minimum atomic E-state index is -1.14. The van der Waals surface area contributed by atoms with Crippen LogP contribution in [0.4, 0.5) is 0 Å². The fourth-order valence-electron chi connectivity index (χ4n) is 2.21. The monoisotopic (exact) mass is 257 g/mol. The molecule has 1 heterocycles. The first-order valence-corrected chi connectivity index (χ1v) is 6.20. The lowest BCUT2D eigenvalue weighted by molar-refractivity contribution is -0.159. The maximum atomic E-state index is 11.8. The number of aliphatic carboxylic acids is 2. The smallest absolute Gasteiger partial charge is 0.309 e. The fourth-order valence-corrected chi connectivity index (χ4v) is 2.21. The fraction of sp³-hybridized carbons (Fsp3) is 0.750. The number of likely N-dealkylation sites (tertiary alicyclic amines) is 1. The number of carbonyl (C=O) groups is 3. The van der Waals surface area contributed by atoms with Crippen LogP contribution in [0.3, 0.4) is 0 Å². The molecule has 1 rings (SSSR count). The molecule has 0 bridgehead atoms. The summed E-state index contributed by atoms with van der Waals surface area (Å²) < 4.78 is 0. The van der Waals surface area contributed by atoms with Gasteiger partial charge in [0.15, 0.2) is 0 Å². The molecule has 1 aliphatic rings. The van der Waals surface area contributed by atoms with E-state index in [1.54, 1.807) is 0 Å². The molecule has 1 amide bonds. The number of amides is 1. The molecule has 6 heteroatoms. The van der Waals surface area contributed by atoms with Crippen LogP contribution in [0.1, 0.15) is 32.6 Å². The highest BCUT2D eigenvalue weighted by molar-refractivity contribution is 5.82. The zero-order valence-corrected chi connectivity index (χ0v) is 10.5. The molecule has 1 saturated heterocycles. The molecule has 0 aliphatic carbocycles. The highest BCUT2D eigenvalue weighted by Gasteiger charge is 2.39. The minimum absolute atomic E-state index is 0.00878. The van der Waals surface area contributed by atoms with Gasteiger partial charge in [0.05, 0.1) is 11.8 Å². The number of hydrogen-bond donors (Lipinski definition) is 2. The molecule has 0 aromatic heterocycles. The van der Waals surface area contributed by atoms with Crippen molar-refractivity contribution < 1.29 is 24.6 Å². The average Bonchev–Trinajstić information content (AvgIpc) is 2.34. The van der Waals surface area contributed by atoms with Gasteiger partial charge in [-0.3, -0.25) is 14.4 Å². The normalized spacial score (nSPS) is 23.7. The Kier molecular flexibility index (Phi) is 5.12. The van der Waals surface area contributed by atoms with Crippen molar-refractivity contribution in [3.8, 4) is 0 Å². The van der Waals surface area contributed by atoms with Crippen LogP contribution in [0.2, 0.25) is 0 Å². The van der Waals surface area contributed by atoms with Crippen LogP contribution in [0, 0.1) is 11.8 Å². The van der Waals surface area contributed by atoms with Crippen LogP contribution in [0.15, 0.2) is 0 Å². The van der Waals surface area contributed by atoms with E-state index in [0.717, 1.165) is 12.8 Å². The van der Waals surface area contributed by atoms with E-state index < -0.39 is 23.8 Å². The quantitative estimate of drug-likeness (QED) is 0.760. The number of hydrogen-bond acceptors (Lipinski definition) is 3. The number of unbranched alkanes of at least 4 members (excludes halogenated alkanes) is 1. The predicted octanol–water partition coefficient (Wildman–Crippen LogP) is 0.810. The molecule has 102 valence electrons. The summed E-state index contributed by atoms with van der Waals surface area (Å²) in [7, 11) is 0. The molecule has 2 unspecified atom stereocenters. The molecular formula is C12H19NO5. The molecule has 18 heavy (non-hydrogen) atoms. The van der Waals surface area contributed by atoms with Crippen molar-refractivity contribution in [2.45, 2.75) is 32.6 Å².